The number of rotatable bonds is 4. The highest BCUT2D eigenvalue weighted by Gasteiger charge is 2.39. The van der Waals surface area contributed by atoms with Crippen LogP contribution in [-0.4, -0.2) is 36.3 Å². The van der Waals surface area contributed by atoms with Crippen LogP contribution in [0.15, 0.2) is 54.6 Å². The smallest absolute Gasteiger partial charge is 0.249 e. The fourth-order valence-corrected chi connectivity index (χ4v) is 3.11. The van der Waals surface area contributed by atoms with Gasteiger partial charge in [-0.1, -0.05) is 42.5 Å². The van der Waals surface area contributed by atoms with Crippen LogP contribution in [0.3, 0.4) is 0 Å². The number of anilines is 1. The molecule has 1 fully saturated rings. The first-order valence-corrected chi connectivity index (χ1v) is 8.14. The Kier molecular flexibility index (Phi) is 4.81. The molecule has 2 aromatic carbocycles. The van der Waals surface area contributed by atoms with Crippen molar-refractivity contribution in [2.45, 2.75) is 18.5 Å². The molecule has 130 valence electrons. The van der Waals surface area contributed by atoms with E-state index in [1.54, 1.807) is 37.4 Å². The second-order valence-corrected chi connectivity index (χ2v) is 6.08. The largest absolute Gasteiger partial charge is 0.332 e. The Bertz CT molecular complexity index is 781. The van der Waals surface area contributed by atoms with Crippen LogP contribution in [0, 0.1) is 5.82 Å². The molecule has 0 spiro atoms. The lowest BCUT2D eigenvalue weighted by Crippen LogP contribution is -2.46. The number of carbonyl (C=O) groups is 2. The van der Waals surface area contributed by atoms with E-state index >= 15 is 0 Å². The van der Waals surface area contributed by atoms with Crippen LogP contribution >= 0.6 is 0 Å². The van der Waals surface area contributed by atoms with E-state index in [0.717, 1.165) is 0 Å². The number of benzene rings is 2. The molecule has 2 N–H and O–H groups in total. The molecule has 2 amide bonds. The lowest BCUT2D eigenvalue weighted by molar-refractivity contribution is -0.137. The average molecular weight is 341 g/mol. The van der Waals surface area contributed by atoms with E-state index in [-0.39, 0.29) is 17.5 Å². The van der Waals surface area contributed by atoms with E-state index in [2.05, 4.69) is 0 Å². The highest BCUT2D eigenvalue weighted by molar-refractivity contribution is 6.01. The van der Waals surface area contributed by atoms with Crippen molar-refractivity contribution in [1.82, 2.24) is 4.90 Å². The molecule has 6 heteroatoms. The normalized spacial score (nSPS) is 18.3. The molecule has 0 aliphatic carbocycles. The first kappa shape index (κ1) is 17.1. The van der Waals surface area contributed by atoms with Crippen molar-refractivity contribution in [2.75, 3.05) is 18.5 Å². The zero-order valence-electron chi connectivity index (χ0n) is 13.9. The third-order valence-electron chi connectivity index (χ3n) is 4.56. The molecule has 1 aliphatic rings. The Morgan fingerprint density at radius 2 is 1.84 bits per heavy atom. The molecule has 25 heavy (non-hydrogen) atoms. The second-order valence-electron chi connectivity index (χ2n) is 6.08. The van der Waals surface area contributed by atoms with Crippen molar-refractivity contribution in [3.8, 4) is 0 Å². The summed E-state index contributed by atoms with van der Waals surface area (Å²) in [5.74, 6) is -1.08. The summed E-state index contributed by atoms with van der Waals surface area (Å²) in [5, 5.41) is 0. The van der Waals surface area contributed by atoms with Gasteiger partial charge in [0.1, 0.15) is 17.9 Å². The van der Waals surface area contributed by atoms with Gasteiger partial charge in [-0.2, -0.15) is 0 Å². The Morgan fingerprint density at radius 3 is 2.52 bits per heavy atom. The first-order chi connectivity index (χ1) is 12.0. The number of likely N-dealkylation sites (N-methyl/N-ethyl adjacent to an activating group) is 1. The summed E-state index contributed by atoms with van der Waals surface area (Å²) >= 11 is 0. The number of nitrogens with zero attached hydrogens (tertiary/aromatic N) is 2. The molecule has 0 radical (unpaired) electrons. The van der Waals surface area contributed by atoms with Crippen LogP contribution in [0.5, 0.6) is 0 Å². The van der Waals surface area contributed by atoms with Gasteiger partial charge in [0.2, 0.25) is 11.8 Å². The van der Waals surface area contributed by atoms with Gasteiger partial charge in [0.15, 0.2) is 0 Å². The van der Waals surface area contributed by atoms with Gasteiger partial charge in [-0.05, 0) is 24.1 Å². The maximum atomic E-state index is 14.0. The molecule has 0 aromatic heterocycles. The highest BCUT2D eigenvalue weighted by atomic mass is 19.1. The molecule has 3 rings (SSSR count). The summed E-state index contributed by atoms with van der Waals surface area (Å²) in [7, 11) is 1.57. The van der Waals surface area contributed by atoms with Gasteiger partial charge >= 0.3 is 0 Å². The predicted octanol–water partition coefficient (Wildman–Crippen LogP) is 2.09. The minimum Gasteiger partial charge on any atom is -0.332 e. The molecular formula is C19H20FN3O2. The number of halogens is 1. The molecule has 2 aromatic rings. The van der Waals surface area contributed by atoms with Crippen LogP contribution in [0.25, 0.3) is 0 Å². The molecule has 1 aliphatic heterocycles. The van der Waals surface area contributed by atoms with Gasteiger partial charge in [-0.3, -0.25) is 9.59 Å². The standard InChI is InChI=1S/C19H20FN3O2/c1-22(19(25)17(21)13-7-3-2-4-8-13)16-11-12-23(18(16)24)15-10-6-5-9-14(15)20/h2-10,16-17H,11-12,21H2,1H3/t16-,17+/m1/s1. The number of carbonyl (C=O) groups excluding carboxylic acids is 2. The van der Waals surface area contributed by atoms with Crippen LogP contribution < -0.4 is 10.6 Å². The number of hydrogen-bond acceptors (Lipinski definition) is 3. The summed E-state index contributed by atoms with van der Waals surface area (Å²) < 4.78 is 14.0. The monoisotopic (exact) mass is 341 g/mol. The lowest BCUT2D eigenvalue weighted by atomic mass is 10.1. The number of hydrogen-bond donors (Lipinski definition) is 1. The Hall–Kier alpha value is -2.73. The predicted molar refractivity (Wildman–Crippen MR) is 93.3 cm³/mol. The van der Waals surface area contributed by atoms with Gasteiger partial charge in [-0.15, -0.1) is 0 Å². The quantitative estimate of drug-likeness (QED) is 0.926. The summed E-state index contributed by atoms with van der Waals surface area (Å²) in [6, 6.07) is 13.7. The highest BCUT2D eigenvalue weighted by Crippen LogP contribution is 2.27. The van der Waals surface area contributed by atoms with E-state index < -0.39 is 17.9 Å². The Morgan fingerprint density at radius 1 is 1.20 bits per heavy atom. The van der Waals surface area contributed by atoms with Crippen molar-refractivity contribution in [3.63, 3.8) is 0 Å². The van der Waals surface area contributed by atoms with Crippen molar-refractivity contribution >= 4 is 17.5 Å². The summed E-state index contributed by atoms with van der Waals surface area (Å²) in [6.45, 7) is 0.364. The van der Waals surface area contributed by atoms with E-state index in [1.165, 1.54) is 15.9 Å². The molecule has 1 heterocycles. The van der Waals surface area contributed by atoms with Gasteiger partial charge in [-0.25, -0.2) is 4.39 Å². The van der Waals surface area contributed by atoms with Crippen molar-refractivity contribution < 1.29 is 14.0 Å². The van der Waals surface area contributed by atoms with Gasteiger partial charge in [0.25, 0.3) is 0 Å². The minimum atomic E-state index is -0.832. The van der Waals surface area contributed by atoms with Crippen LogP contribution in [0.2, 0.25) is 0 Å². The lowest BCUT2D eigenvalue weighted by Gasteiger charge is -2.26. The third kappa shape index (κ3) is 3.25. The average Bonchev–Trinajstić information content (AvgIpc) is 3.02. The summed E-state index contributed by atoms with van der Waals surface area (Å²) in [4.78, 5) is 28.1. The maximum Gasteiger partial charge on any atom is 0.249 e. The fourth-order valence-electron chi connectivity index (χ4n) is 3.11. The third-order valence-corrected chi connectivity index (χ3v) is 4.56. The van der Waals surface area contributed by atoms with E-state index in [1.807, 2.05) is 18.2 Å². The summed E-state index contributed by atoms with van der Waals surface area (Å²) in [5.41, 5.74) is 6.98. The van der Waals surface area contributed by atoms with Crippen molar-refractivity contribution in [1.29, 1.82) is 0 Å². The molecular weight excluding hydrogens is 321 g/mol. The van der Waals surface area contributed by atoms with Crippen molar-refractivity contribution in [3.05, 3.63) is 66.0 Å². The number of nitrogens with two attached hydrogens (primary N) is 1. The van der Waals surface area contributed by atoms with Crippen LogP contribution in [0.1, 0.15) is 18.0 Å². The van der Waals surface area contributed by atoms with E-state index in [9.17, 15) is 14.0 Å². The minimum absolute atomic E-state index is 0.239. The zero-order valence-corrected chi connectivity index (χ0v) is 13.9. The van der Waals surface area contributed by atoms with Gasteiger partial charge in [0.05, 0.1) is 5.69 Å². The fraction of sp³-hybridized carbons (Fsp3) is 0.263. The topological polar surface area (TPSA) is 66.6 Å². The Labute approximate surface area is 145 Å². The first-order valence-electron chi connectivity index (χ1n) is 8.14. The van der Waals surface area contributed by atoms with Gasteiger partial charge in [0, 0.05) is 13.6 Å². The summed E-state index contributed by atoms with van der Waals surface area (Å²) in [6.07, 6.45) is 0.441. The molecule has 0 saturated carbocycles. The zero-order chi connectivity index (χ0) is 18.0. The molecule has 0 bridgehead atoms. The SMILES string of the molecule is CN(C(=O)[C@@H](N)c1ccccc1)[C@@H]1CCN(c2ccccc2F)C1=O. The molecule has 1 saturated heterocycles. The van der Waals surface area contributed by atoms with E-state index in [4.69, 9.17) is 5.73 Å². The van der Waals surface area contributed by atoms with Gasteiger partial charge < -0.3 is 15.5 Å². The maximum absolute atomic E-state index is 14.0. The number of amides is 2. The number of para-hydroxylation sites is 1. The van der Waals surface area contributed by atoms with Crippen LogP contribution in [0.4, 0.5) is 10.1 Å². The molecule has 0 unspecified atom stereocenters. The molecule has 5 nitrogen and oxygen atoms in total. The second kappa shape index (κ2) is 7.03. The molecule has 2 atom stereocenters. The van der Waals surface area contributed by atoms with Crippen LogP contribution in [-0.2, 0) is 9.59 Å². The van der Waals surface area contributed by atoms with E-state index in [0.29, 0.717) is 18.5 Å². The Balaban J connectivity index is 1.75. The van der Waals surface area contributed by atoms with Crippen molar-refractivity contribution in [2.24, 2.45) is 5.73 Å².